The molecule has 0 bridgehead atoms. The lowest BCUT2D eigenvalue weighted by molar-refractivity contribution is -0.114. The minimum Gasteiger partial charge on any atom is -0.383 e. The van der Waals surface area contributed by atoms with Gasteiger partial charge in [0.2, 0.25) is 0 Å². The molecule has 1 atom stereocenters. The van der Waals surface area contributed by atoms with Crippen molar-refractivity contribution >= 4 is 23.4 Å². The van der Waals surface area contributed by atoms with Crippen molar-refractivity contribution in [3.05, 3.63) is 53.9 Å². The number of aliphatic imine (C=N–C) groups is 2. The maximum Gasteiger partial charge on any atom is 0.253 e. The van der Waals surface area contributed by atoms with Gasteiger partial charge < -0.3 is 27.4 Å². The highest BCUT2D eigenvalue weighted by atomic mass is 19.1. The van der Waals surface area contributed by atoms with Gasteiger partial charge in [-0.3, -0.25) is 9.79 Å². The van der Waals surface area contributed by atoms with Gasteiger partial charge in [0, 0.05) is 49.2 Å². The van der Waals surface area contributed by atoms with E-state index in [1.54, 1.807) is 6.08 Å². The van der Waals surface area contributed by atoms with Crippen molar-refractivity contribution in [2.45, 2.75) is 56.1 Å². The molecule has 8 nitrogen and oxygen atoms in total. The summed E-state index contributed by atoms with van der Waals surface area (Å²) in [6.07, 6.45) is 9.29. The van der Waals surface area contributed by atoms with Crippen LogP contribution in [0.25, 0.3) is 0 Å². The monoisotopic (exact) mass is 453 g/mol. The molecule has 176 valence electrons. The number of hydrogen-bond acceptors (Lipinski definition) is 6. The fourth-order valence-electron chi connectivity index (χ4n) is 4.97. The third kappa shape index (κ3) is 5.08. The second kappa shape index (κ2) is 9.74. The van der Waals surface area contributed by atoms with Crippen molar-refractivity contribution in [2.24, 2.45) is 27.2 Å². The zero-order chi connectivity index (χ0) is 23.4. The van der Waals surface area contributed by atoms with Gasteiger partial charge >= 0.3 is 0 Å². The Labute approximate surface area is 193 Å². The van der Waals surface area contributed by atoms with E-state index in [1.165, 1.54) is 23.7 Å². The second-order valence-corrected chi connectivity index (χ2v) is 8.99. The van der Waals surface area contributed by atoms with Crippen LogP contribution in [-0.2, 0) is 11.2 Å². The lowest BCUT2D eigenvalue weighted by atomic mass is 9.79. The highest BCUT2D eigenvalue weighted by molar-refractivity contribution is 6.19. The fraction of sp³-hybridized carbons (Fsp3) is 0.458. The largest absolute Gasteiger partial charge is 0.383 e. The fourth-order valence-corrected chi connectivity index (χ4v) is 4.97. The summed E-state index contributed by atoms with van der Waals surface area (Å²) in [7, 11) is 0. The molecular weight excluding hydrogens is 421 g/mol. The highest BCUT2D eigenvalue weighted by Crippen LogP contribution is 2.37. The van der Waals surface area contributed by atoms with E-state index in [9.17, 15) is 9.18 Å². The molecule has 2 aliphatic heterocycles. The first-order valence-corrected chi connectivity index (χ1v) is 11.5. The van der Waals surface area contributed by atoms with Crippen LogP contribution >= 0.6 is 0 Å². The average molecular weight is 454 g/mol. The summed E-state index contributed by atoms with van der Waals surface area (Å²) in [5.41, 5.74) is 20.3. The van der Waals surface area contributed by atoms with Gasteiger partial charge in [-0.05, 0) is 49.8 Å². The first-order chi connectivity index (χ1) is 15.9. The van der Waals surface area contributed by atoms with Crippen molar-refractivity contribution in [1.29, 1.82) is 0 Å². The Hall–Kier alpha value is -3.20. The number of nitrogens with one attached hydrogen (secondary N) is 1. The number of halogens is 1. The van der Waals surface area contributed by atoms with Crippen molar-refractivity contribution in [3.8, 4) is 0 Å². The molecule has 0 saturated heterocycles. The molecule has 1 aliphatic carbocycles. The Morgan fingerprint density at radius 1 is 1.30 bits per heavy atom. The molecule has 4 rings (SSSR count). The maximum atomic E-state index is 13.4. The molecule has 0 aromatic heterocycles. The SMILES string of the molecule is NCC1(N/C=C(/C(N)=O)C(N)=NC2C=CN=C(F)C2)CCC(N2CCc3ccccc32)CC1. The first kappa shape index (κ1) is 23.0. The summed E-state index contributed by atoms with van der Waals surface area (Å²) in [6.45, 7) is 1.47. The highest BCUT2D eigenvalue weighted by Gasteiger charge is 2.37. The van der Waals surface area contributed by atoms with Gasteiger partial charge in [-0.2, -0.15) is 4.39 Å². The Kier molecular flexibility index (Phi) is 6.78. The van der Waals surface area contributed by atoms with Crippen LogP contribution in [0, 0.1) is 0 Å². The molecule has 0 spiro atoms. The number of amides is 1. The van der Waals surface area contributed by atoms with Gasteiger partial charge in [0.25, 0.3) is 5.91 Å². The van der Waals surface area contributed by atoms with Gasteiger partial charge in [0.05, 0.1) is 11.6 Å². The molecular formula is C24H32FN7O. The van der Waals surface area contributed by atoms with E-state index in [4.69, 9.17) is 17.2 Å². The van der Waals surface area contributed by atoms with E-state index >= 15 is 0 Å². The first-order valence-electron chi connectivity index (χ1n) is 11.5. The number of carbonyl (C=O) groups is 1. The van der Waals surface area contributed by atoms with Crippen molar-refractivity contribution in [1.82, 2.24) is 5.32 Å². The average Bonchev–Trinajstić information content (AvgIpc) is 3.23. The number of amidine groups is 1. The molecule has 1 aromatic carbocycles. The number of benzene rings is 1. The smallest absolute Gasteiger partial charge is 0.253 e. The van der Waals surface area contributed by atoms with Crippen molar-refractivity contribution < 1.29 is 9.18 Å². The van der Waals surface area contributed by atoms with Crippen LogP contribution in [-0.4, -0.2) is 48.4 Å². The predicted octanol–water partition coefficient (Wildman–Crippen LogP) is 1.66. The number of hydrogen-bond donors (Lipinski definition) is 4. The molecule has 1 saturated carbocycles. The summed E-state index contributed by atoms with van der Waals surface area (Å²) < 4.78 is 13.4. The molecule has 33 heavy (non-hydrogen) atoms. The molecule has 3 aliphatic rings. The number of rotatable bonds is 7. The van der Waals surface area contributed by atoms with Gasteiger partial charge in [0.15, 0.2) is 5.97 Å². The minimum absolute atomic E-state index is 0.00439. The Morgan fingerprint density at radius 2 is 2.06 bits per heavy atom. The number of carbonyl (C=O) groups excluding carboxylic acids is 1. The molecule has 7 N–H and O–H groups in total. The van der Waals surface area contributed by atoms with Crippen LogP contribution in [0.15, 0.2) is 58.3 Å². The van der Waals surface area contributed by atoms with Gasteiger partial charge in [-0.15, -0.1) is 0 Å². The van der Waals surface area contributed by atoms with E-state index in [0.29, 0.717) is 12.6 Å². The molecule has 0 radical (unpaired) electrons. The number of para-hydroxylation sites is 1. The van der Waals surface area contributed by atoms with Crippen molar-refractivity contribution in [3.63, 3.8) is 0 Å². The second-order valence-electron chi connectivity index (χ2n) is 8.99. The summed E-state index contributed by atoms with van der Waals surface area (Å²) >= 11 is 0. The molecule has 9 heteroatoms. The van der Waals surface area contributed by atoms with Gasteiger partial charge in [-0.1, -0.05) is 18.2 Å². The van der Waals surface area contributed by atoms with Crippen LogP contribution in [0.3, 0.4) is 0 Å². The summed E-state index contributed by atoms with van der Waals surface area (Å²) in [6, 6.07) is 8.55. The van der Waals surface area contributed by atoms with E-state index in [1.807, 2.05) is 0 Å². The zero-order valence-electron chi connectivity index (χ0n) is 18.7. The lowest BCUT2D eigenvalue weighted by Crippen LogP contribution is -2.54. The third-order valence-electron chi connectivity index (χ3n) is 6.94. The Morgan fingerprint density at radius 3 is 2.76 bits per heavy atom. The van der Waals surface area contributed by atoms with Crippen LogP contribution in [0.2, 0.25) is 0 Å². The molecule has 1 unspecified atom stereocenters. The molecule has 1 aromatic rings. The summed E-state index contributed by atoms with van der Waals surface area (Å²) in [5.74, 6) is -1.26. The summed E-state index contributed by atoms with van der Waals surface area (Å²) in [5, 5.41) is 3.34. The predicted molar refractivity (Wildman–Crippen MR) is 130 cm³/mol. The number of nitrogens with zero attached hydrogens (tertiary/aromatic N) is 3. The van der Waals surface area contributed by atoms with Gasteiger partial charge in [0.1, 0.15) is 5.84 Å². The van der Waals surface area contributed by atoms with Crippen molar-refractivity contribution in [2.75, 3.05) is 18.0 Å². The maximum absolute atomic E-state index is 13.4. The van der Waals surface area contributed by atoms with Gasteiger partial charge in [-0.25, -0.2) is 4.99 Å². The number of anilines is 1. The third-order valence-corrected chi connectivity index (χ3v) is 6.94. The minimum atomic E-state index is -0.702. The topological polar surface area (TPSA) is 135 Å². The number of nitrogens with two attached hydrogens (primary N) is 3. The van der Waals surface area contributed by atoms with Crippen LogP contribution < -0.4 is 27.4 Å². The van der Waals surface area contributed by atoms with Crippen LogP contribution in [0.4, 0.5) is 10.1 Å². The Bertz CT molecular complexity index is 1010. The lowest BCUT2D eigenvalue weighted by Gasteiger charge is -2.43. The van der Waals surface area contributed by atoms with E-state index in [0.717, 1.165) is 38.6 Å². The molecule has 2 heterocycles. The van der Waals surface area contributed by atoms with E-state index in [2.05, 4.69) is 44.5 Å². The zero-order valence-corrected chi connectivity index (χ0v) is 18.7. The van der Waals surface area contributed by atoms with Crippen LogP contribution in [0.5, 0.6) is 0 Å². The number of primary amides is 1. The summed E-state index contributed by atoms with van der Waals surface area (Å²) in [4.78, 5) is 22.4. The molecule has 1 fully saturated rings. The molecule has 1 amide bonds. The quantitative estimate of drug-likeness (QED) is 0.283. The standard InChI is InChI=1S/C24H32FN7O/c25-21-13-17(7-11-29-21)31-22(27)19(23(28)33)14-30-24(15-26)9-5-18(6-10-24)32-12-8-16-3-1-2-4-20(16)32/h1-4,7,11,14,17-18,30H,5-6,8-10,12-13,15,26H2,(H2,27,31)(H2,28,33)/b19-14+. The van der Waals surface area contributed by atoms with E-state index < -0.39 is 17.9 Å². The normalized spacial score (nSPS) is 27.8. The number of fused-ring (bicyclic) bond motifs is 1. The van der Waals surface area contributed by atoms with E-state index in [-0.39, 0.29) is 23.4 Å². The van der Waals surface area contributed by atoms with Crippen LogP contribution in [0.1, 0.15) is 37.7 Å². The Balaban J connectivity index is 1.43.